The van der Waals surface area contributed by atoms with Crippen LogP contribution in [-0.2, 0) is 0 Å². The van der Waals surface area contributed by atoms with Crippen LogP contribution in [0.1, 0.15) is 17.3 Å². The van der Waals surface area contributed by atoms with Crippen LogP contribution >= 0.6 is 23.4 Å². The first-order valence-corrected chi connectivity index (χ1v) is 7.55. The van der Waals surface area contributed by atoms with Gasteiger partial charge in [-0.15, -0.1) is 11.8 Å². The first-order valence-electron chi connectivity index (χ1n) is 6.19. The van der Waals surface area contributed by atoms with Crippen LogP contribution in [0.15, 0.2) is 47.4 Å². The maximum absolute atomic E-state index is 12.2. The number of hydrogen-bond donors (Lipinski definition) is 2. The summed E-state index contributed by atoms with van der Waals surface area (Å²) in [5, 5.41) is 3.34. The molecular weight excluding hydrogens is 292 g/mol. The van der Waals surface area contributed by atoms with Crippen LogP contribution in [0.3, 0.4) is 0 Å². The second-order valence-electron chi connectivity index (χ2n) is 4.16. The lowest BCUT2D eigenvalue weighted by atomic mass is 10.2. The number of rotatable bonds is 4. The van der Waals surface area contributed by atoms with Gasteiger partial charge in [0.25, 0.3) is 5.91 Å². The van der Waals surface area contributed by atoms with Crippen molar-refractivity contribution in [2.75, 3.05) is 16.8 Å². The minimum Gasteiger partial charge on any atom is -0.399 e. The maximum atomic E-state index is 12.2. The molecule has 2 rings (SSSR count). The molecule has 20 heavy (non-hydrogen) atoms. The number of carbonyl (C=O) groups excluding carboxylic acids is 1. The first-order chi connectivity index (χ1) is 9.60. The Bertz CT molecular complexity index is 611. The minimum absolute atomic E-state index is 0.219. The predicted octanol–water partition coefficient (Wildman–Crippen LogP) is 4.29. The Morgan fingerprint density at radius 2 is 2.05 bits per heavy atom. The zero-order valence-corrected chi connectivity index (χ0v) is 12.6. The summed E-state index contributed by atoms with van der Waals surface area (Å²) in [6.07, 6.45) is 0. The summed E-state index contributed by atoms with van der Waals surface area (Å²) in [4.78, 5) is 13.3. The summed E-state index contributed by atoms with van der Waals surface area (Å²) >= 11 is 7.59. The van der Waals surface area contributed by atoms with Crippen LogP contribution in [-0.4, -0.2) is 11.7 Å². The molecule has 5 heteroatoms. The Morgan fingerprint density at radius 3 is 2.75 bits per heavy atom. The van der Waals surface area contributed by atoms with E-state index in [4.69, 9.17) is 17.3 Å². The van der Waals surface area contributed by atoms with Crippen LogP contribution < -0.4 is 11.1 Å². The monoisotopic (exact) mass is 306 g/mol. The van der Waals surface area contributed by atoms with Crippen molar-refractivity contribution in [3.63, 3.8) is 0 Å². The number of thioether (sulfide) groups is 1. The summed E-state index contributed by atoms with van der Waals surface area (Å²) in [5.74, 6) is 0.722. The lowest BCUT2D eigenvalue weighted by Gasteiger charge is -2.10. The molecule has 0 heterocycles. The van der Waals surface area contributed by atoms with Crippen LogP contribution in [0.4, 0.5) is 11.4 Å². The van der Waals surface area contributed by atoms with E-state index in [1.165, 1.54) is 0 Å². The molecule has 0 aromatic heterocycles. The fourth-order valence-corrected chi connectivity index (χ4v) is 2.79. The van der Waals surface area contributed by atoms with Gasteiger partial charge >= 0.3 is 0 Å². The molecule has 0 saturated carbocycles. The normalized spacial score (nSPS) is 10.3. The van der Waals surface area contributed by atoms with Gasteiger partial charge in [-0.05, 0) is 36.1 Å². The minimum atomic E-state index is -0.219. The van der Waals surface area contributed by atoms with Gasteiger partial charge in [-0.3, -0.25) is 4.79 Å². The summed E-state index contributed by atoms with van der Waals surface area (Å²) < 4.78 is 0. The molecule has 0 bridgehead atoms. The number of hydrogen-bond acceptors (Lipinski definition) is 3. The SMILES string of the molecule is CCSc1ccccc1NC(=O)c1cc(N)cc(Cl)c1. The van der Waals surface area contributed by atoms with Crippen molar-refractivity contribution in [1.29, 1.82) is 0 Å². The molecule has 0 radical (unpaired) electrons. The highest BCUT2D eigenvalue weighted by molar-refractivity contribution is 7.99. The number of para-hydroxylation sites is 1. The highest BCUT2D eigenvalue weighted by Crippen LogP contribution is 2.27. The molecule has 104 valence electrons. The molecule has 1 amide bonds. The van der Waals surface area contributed by atoms with Crippen LogP contribution in [0.5, 0.6) is 0 Å². The lowest BCUT2D eigenvalue weighted by Crippen LogP contribution is -2.12. The van der Waals surface area contributed by atoms with Gasteiger partial charge in [0.2, 0.25) is 0 Å². The number of nitrogens with two attached hydrogens (primary N) is 1. The number of benzene rings is 2. The zero-order valence-electron chi connectivity index (χ0n) is 11.0. The smallest absolute Gasteiger partial charge is 0.255 e. The fraction of sp³-hybridized carbons (Fsp3) is 0.133. The van der Waals surface area contributed by atoms with Gasteiger partial charge in [-0.1, -0.05) is 30.7 Å². The van der Waals surface area contributed by atoms with E-state index in [1.54, 1.807) is 30.0 Å². The van der Waals surface area contributed by atoms with Gasteiger partial charge in [0.15, 0.2) is 0 Å². The molecule has 3 nitrogen and oxygen atoms in total. The van der Waals surface area contributed by atoms with Crippen molar-refractivity contribution >= 4 is 40.6 Å². The van der Waals surface area contributed by atoms with Crippen LogP contribution in [0, 0.1) is 0 Å². The molecule has 0 atom stereocenters. The van der Waals surface area contributed by atoms with Crippen molar-refractivity contribution in [1.82, 2.24) is 0 Å². The third-order valence-corrected chi connectivity index (χ3v) is 3.79. The molecular formula is C15H15ClN2OS. The van der Waals surface area contributed by atoms with E-state index in [0.29, 0.717) is 16.3 Å². The average molecular weight is 307 g/mol. The second-order valence-corrected chi connectivity index (χ2v) is 5.90. The Kier molecular flexibility index (Phi) is 4.93. The second kappa shape index (κ2) is 6.68. The van der Waals surface area contributed by atoms with Gasteiger partial charge in [-0.2, -0.15) is 0 Å². The molecule has 3 N–H and O–H groups in total. The first kappa shape index (κ1) is 14.8. The quantitative estimate of drug-likeness (QED) is 0.654. The van der Waals surface area contributed by atoms with E-state index in [2.05, 4.69) is 12.2 Å². The Morgan fingerprint density at radius 1 is 1.30 bits per heavy atom. The van der Waals surface area contributed by atoms with Gasteiger partial charge < -0.3 is 11.1 Å². The number of amides is 1. The number of nitrogens with one attached hydrogen (secondary N) is 1. The molecule has 0 aliphatic carbocycles. The maximum Gasteiger partial charge on any atom is 0.255 e. The van der Waals surface area contributed by atoms with E-state index < -0.39 is 0 Å². The molecule has 0 aliphatic rings. The summed E-state index contributed by atoms with van der Waals surface area (Å²) in [5.41, 5.74) is 7.42. The number of anilines is 2. The molecule has 0 fully saturated rings. The predicted molar refractivity (Wildman–Crippen MR) is 86.7 cm³/mol. The highest BCUT2D eigenvalue weighted by atomic mass is 35.5. The molecule has 2 aromatic carbocycles. The van der Waals surface area contributed by atoms with Crippen molar-refractivity contribution in [3.05, 3.63) is 53.1 Å². The molecule has 0 aliphatic heterocycles. The Labute approximate surface area is 127 Å². The van der Waals surface area contributed by atoms with Crippen molar-refractivity contribution in [2.24, 2.45) is 0 Å². The van der Waals surface area contributed by atoms with Gasteiger partial charge in [0, 0.05) is 21.2 Å². The number of carbonyl (C=O) groups is 1. The topological polar surface area (TPSA) is 55.1 Å². The average Bonchev–Trinajstić information content (AvgIpc) is 2.40. The molecule has 0 unspecified atom stereocenters. The largest absolute Gasteiger partial charge is 0.399 e. The molecule has 2 aromatic rings. The van der Waals surface area contributed by atoms with Crippen molar-refractivity contribution in [2.45, 2.75) is 11.8 Å². The van der Waals surface area contributed by atoms with Crippen LogP contribution in [0.2, 0.25) is 5.02 Å². The van der Waals surface area contributed by atoms with Gasteiger partial charge in [0.05, 0.1) is 5.69 Å². The lowest BCUT2D eigenvalue weighted by molar-refractivity contribution is 0.102. The third-order valence-electron chi connectivity index (χ3n) is 2.62. The van der Waals surface area contributed by atoms with Gasteiger partial charge in [0.1, 0.15) is 0 Å². The zero-order chi connectivity index (χ0) is 14.5. The summed E-state index contributed by atoms with van der Waals surface area (Å²) in [6.45, 7) is 2.07. The third kappa shape index (κ3) is 3.68. The van der Waals surface area contributed by atoms with E-state index in [-0.39, 0.29) is 5.91 Å². The standard InChI is InChI=1S/C15H15ClN2OS/c1-2-20-14-6-4-3-5-13(14)18-15(19)10-7-11(16)9-12(17)8-10/h3-9H,2,17H2,1H3,(H,18,19). The molecule has 0 saturated heterocycles. The number of halogens is 1. The highest BCUT2D eigenvalue weighted by Gasteiger charge is 2.10. The van der Waals surface area contributed by atoms with Crippen molar-refractivity contribution < 1.29 is 4.79 Å². The van der Waals surface area contributed by atoms with E-state index in [1.807, 2.05) is 24.3 Å². The summed E-state index contributed by atoms with van der Waals surface area (Å²) in [7, 11) is 0. The molecule has 0 spiro atoms. The van der Waals surface area contributed by atoms with Crippen molar-refractivity contribution in [3.8, 4) is 0 Å². The van der Waals surface area contributed by atoms with Crippen LogP contribution in [0.25, 0.3) is 0 Å². The fourth-order valence-electron chi connectivity index (χ4n) is 1.79. The Hall–Kier alpha value is -1.65. The van der Waals surface area contributed by atoms with E-state index >= 15 is 0 Å². The van der Waals surface area contributed by atoms with Gasteiger partial charge in [-0.25, -0.2) is 0 Å². The summed E-state index contributed by atoms with van der Waals surface area (Å²) in [6, 6.07) is 12.5. The Balaban J connectivity index is 2.23. The number of nitrogen functional groups attached to an aromatic ring is 1. The van der Waals surface area contributed by atoms with E-state index in [9.17, 15) is 4.79 Å². The van der Waals surface area contributed by atoms with E-state index in [0.717, 1.165) is 16.3 Å².